The molecule has 0 aliphatic rings. The molecule has 0 saturated heterocycles. The third-order valence-electron chi connectivity index (χ3n) is 3.59. The van der Waals surface area contributed by atoms with Gasteiger partial charge in [-0.1, -0.05) is 39.3 Å². The van der Waals surface area contributed by atoms with Crippen molar-refractivity contribution < 1.29 is 9.18 Å². The monoisotopic (exact) mass is 316 g/mol. The predicted octanol–water partition coefficient (Wildman–Crippen LogP) is 3.16. The van der Waals surface area contributed by atoms with Crippen molar-refractivity contribution in [2.45, 2.75) is 51.5 Å². The maximum Gasteiger partial charge on any atom is 0.239 e. The summed E-state index contributed by atoms with van der Waals surface area (Å²) in [5, 5.41) is 2.88. The Morgan fingerprint density at radius 3 is 2.48 bits per heavy atom. The highest BCUT2D eigenvalue weighted by Gasteiger charge is 2.29. The van der Waals surface area contributed by atoms with Gasteiger partial charge < -0.3 is 11.1 Å². The molecule has 1 aromatic rings. The first-order valence-electron chi connectivity index (χ1n) is 7.02. The number of hydrogen-bond donors (Lipinski definition) is 2. The molecule has 3 nitrogen and oxygen atoms in total. The number of hydrogen-bond acceptors (Lipinski definition) is 2. The summed E-state index contributed by atoms with van der Waals surface area (Å²) in [5.41, 5.74) is 5.64. The summed E-state index contributed by atoms with van der Waals surface area (Å²) in [6, 6.07) is 6.46. The van der Waals surface area contributed by atoms with Crippen LogP contribution in [0, 0.1) is 5.82 Å². The van der Waals surface area contributed by atoms with Crippen LogP contribution in [0.5, 0.6) is 0 Å². The molecule has 0 radical (unpaired) electrons. The Morgan fingerprint density at radius 2 is 1.95 bits per heavy atom. The third-order valence-corrected chi connectivity index (χ3v) is 3.59. The van der Waals surface area contributed by atoms with E-state index in [1.165, 1.54) is 12.1 Å². The molecule has 0 aliphatic carbocycles. The van der Waals surface area contributed by atoms with Crippen LogP contribution in [0.25, 0.3) is 0 Å². The minimum atomic E-state index is -0.854. The lowest BCUT2D eigenvalue weighted by Crippen LogP contribution is -2.53. The van der Waals surface area contributed by atoms with Crippen LogP contribution in [0.2, 0.25) is 0 Å². The lowest BCUT2D eigenvalue weighted by atomic mass is 9.84. The second-order valence-corrected chi connectivity index (χ2v) is 6.24. The van der Waals surface area contributed by atoms with Crippen LogP contribution in [0.1, 0.15) is 46.1 Å². The summed E-state index contributed by atoms with van der Waals surface area (Å²) in [5.74, 6) is -0.430. The van der Waals surface area contributed by atoms with Gasteiger partial charge in [0, 0.05) is 12.0 Å². The Hall–Kier alpha value is -1.13. The maximum atomic E-state index is 13.3. The second kappa shape index (κ2) is 7.76. The molecular weight excluding hydrogens is 291 g/mol. The summed E-state index contributed by atoms with van der Waals surface area (Å²) in [6.45, 7) is 8.09. The van der Waals surface area contributed by atoms with E-state index in [0.717, 1.165) is 12.0 Å². The normalized spacial score (nSPS) is 14.0. The number of nitrogens with two attached hydrogens (primary N) is 1. The zero-order valence-corrected chi connectivity index (χ0v) is 14.0. The van der Waals surface area contributed by atoms with Crippen LogP contribution in [0.15, 0.2) is 24.3 Å². The molecule has 0 heterocycles. The van der Waals surface area contributed by atoms with Gasteiger partial charge in [0.2, 0.25) is 5.91 Å². The Balaban J connectivity index is 0.00000400. The van der Waals surface area contributed by atoms with Crippen LogP contribution < -0.4 is 11.1 Å². The fraction of sp³-hybridized carbons (Fsp3) is 0.562. The largest absolute Gasteiger partial charge is 0.354 e. The standard InChI is InChI=1S/C16H25FN2O.ClH/c1-5-9-16(4,18)14(20)19-11-15(2,3)12-7-6-8-13(17)10-12;/h6-8,10H,5,9,11,18H2,1-4H3,(H,19,20);1H. The highest BCUT2D eigenvalue weighted by molar-refractivity contribution is 5.85. The Labute approximate surface area is 132 Å². The number of halogens is 2. The molecule has 5 heteroatoms. The van der Waals surface area contributed by atoms with E-state index in [4.69, 9.17) is 5.73 Å². The zero-order chi connectivity index (χ0) is 15.4. The third kappa shape index (κ3) is 5.64. The van der Waals surface area contributed by atoms with Crippen LogP contribution in [0.3, 0.4) is 0 Å². The van der Waals surface area contributed by atoms with Gasteiger partial charge in [-0.2, -0.15) is 0 Å². The van der Waals surface area contributed by atoms with E-state index in [9.17, 15) is 9.18 Å². The average Bonchev–Trinajstić information content (AvgIpc) is 2.36. The number of amides is 1. The van der Waals surface area contributed by atoms with Gasteiger partial charge in [-0.05, 0) is 31.0 Å². The minimum Gasteiger partial charge on any atom is -0.354 e. The minimum absolute atomic E-state index is 0. The molecular formula is C16H26ClFN2O. The fourth-order valence-electron chi connectivity index (χ4n) is 2.15. The smallest absolute Gasteiger partial charge is 0.239 e. The lowest BCUT2D eigenvalue weighted by molar-refractivity contribution is -0.126. The van der Waals surface area contributed by atoms with Crippen molar-refractivity contribution in [1.82, 2.24) is 5.32 Å². The van der Waals surface area contributed by atoms with E-state index in [-0.39, 0.29) is 29.5 Å². The van der Waals surface area contributed by atoms with Gasteiger partial charge in [0.15, 0.2) is 0 Å². The number of carbonyl (C=O) groups is 1. The molecule has 3 N–H and O–H groups in total. The van der Waals surface area contributed by atoms with E-state index in [1.807, 2.05) is 26.8 Å². The molecule has 1 amide bonds. The topological polar surface area (TPSA) is 55.1 Å². The van der Waals surface area contributed by atoms with E-state index < -0.39 is 5.54 Å². The molecule has 1 rings (SSSR count). The summed E-state index contributed by atoms with van der Waals surface area (Å²) in [4.78, 5) is 12.1. The summed E-state index contributed by atoms with van der Waals surface area (Å²) < 4.78 is 13.3. The van der Waals surface area contributed by atoms with Gasteiger partial charge >= 0.3 is 0 Å². The Morgan fingerprint density at radius 1 is 1.33 bits per heavy atom. The van der Waals surface area contributed by atoms with E-state index in [0.29, 0.717) is 13.0 Å². The molecule has 0 spiro atoms. The molecule has 120 valence electrons. The zero-order valence-electron chi connectivity index (χ0n) is 13.2. The lowest BCUT2D eigenvalue weighted by Gasteiger charge is -2.29. The van der Waals surface area contributed by atoms with Gasteiger partial charge in [0.1, 0.15) is 5.82 Å². The van der Waals surface area contributed by atoms with Crippen molar-refractivity contribution in [3.63, 3.8) is 0 Å². The molecule has 0 saturated carbocycles. The van der Waals surface area contributed by atoms with Gasteiger partial charge in [-0.15, -0.1) is 12.4 Å². The number of benzene rings is 1. The summed E-state index contributed by atoms with van der Waals surface area (Å²) in [7, 11) is 0. The quantitative estimate of drug-likeness (QED) is 0.847. The summed E-state index contributed by atoms with van der Waals surface area (Å²) >= 11 is 0. The molecule has 1 unspecified atom stereocenters. The first-order valence-corrected chi connectivity index (χ1v) is 7.02. The van der Waals surface area contributed by atoms with Gasteiger partial charge in [-0.25, -0.2) is 4.39 Å². The van der Waals surface area contributed by atoms with Crippen molar-refractivity contribution in [3.8, 4) is 0 Å². The number of nitrogens with one attached hydrogen (secondary N) is 1. The van der Waals surface area contributed by atoms with Crippen LogP contribution in [-0.4, -0.2) is 18.0 Å². The van der Waals surface area contributed by atoms with Crippen LogP contribution >= 0.6 is 12.4 Å². The number of carbonyl (C=O) groups excluding carboxylic acids is 1. The first-order chi connectivity index (χ1) is 9.19. The maximum absolute atomic E-state index is 13.3. The average molecular weight is 317 g/mol. The molecule has 1 aromatic carbocycles. The Bertz CT molecular complexity index is 475. The highest BCUT2D eigenvalue weighted by atomic mass is 35.5. The van der Waals surface area contributed by atoms with Crippen molar-refractivity contribution >= 4 is 18.3 Å². The Kier molecular flexibility index (Phi) is 7.34. The first kappa shape index (κ1) is 19.9. The molecule has 0 bridgehead atoms. The molecule has 21 heavy (non-hydrogen) atoms. The van der Waals surface area contributed by atoms with Crippen molar-refractivity contribution in [3.05, 3.63) is 35.6 Å². The van der Waals surface area contributed by atoms with Crippen molar-refractivity contribution in [2.75, 3.05) is 6.54 Å². The fourth-order valence-corrected chi connectivity index (χ4v) is 2.15. The second-order valence-electron chi connectivity index (χ2n) is 6.24. The van der Waals surface area contributed by atoms with E-state index in [2.05, 4.69) is 5.32 Å². The van der Waals surface area contributed by atoms with E-state index in [1.54, 1.807) is 13.0 Å². The van der Waals surface area contributed by atoms with E-state index >= 15 is 0 Å². The molecule has 0 aromatic heterocycles. The molecule has 0 aliphatic heterocycles. The van der Waals surface area contributed by atoms with Gasteiger partial charge in [0.05, 0.1) is 5.54 Å². The SMILES string of the molecule is CCCC(C)(N)C(=O)NCC(C)(C)c1cccc(F)c1.Cl. The van der Waals surface area contributed by atoms with Gasteiger partial charge in [-0.3, -0.25) is 4.79 Å². The molecule has 1 atom stereocenters. The van der Waals surface area contributed by atoms with Crippen LogP contribution in [0.4, 0.5) is 4.39 Å². The van der Waals surface area contributed by atoms with Crippen molar-refractivity contribution in [1.29, 1.82) is 0 Å². The molecule has 0 fully saturated rings. The highest BCUT2D eigenvalue weighted by Crippen LogP contribution is 2.23. The van der Waals surface area contributed by atoms with Gasteiger partial charge in [0.25, 0.3) is 0 Å². The van der Waals surface area contributed by atoms with Crippen LogP contribution in [-0.2, 0) is 10.2 Å². The number of rotatable bonds is 6. The van der Waals surface area contributed by atoms with Crippen molar-refractivity contribution in [2.24, 2.45) is 5.73 Å². The summed E-state index contributed by atoms with van der Waals surface area (Å²) in [6.07, 6.45) is 1.49. The predicted molar refractivity (Wildman–Crippen MR) is 87.2 cm³/mol.